The van der Waals surface area contributed by atoms with Gasteiger partial charge in [-0.2, -0.15) is 4.98 Å². The molecule has 2 fully saturated rings. The van der Waals surface area contributed by atoms with Crippen LogP contribution in [-0.4, -0.2) is 41.2 Å². The molecule has 7 nitrogen and oxygen atoms in total. The first-order chi connectivity index (χ1) is 10.6. The Balaban J connectivity index is 1.74. The van der Waals surface area contributed by atoms with Crippen molar-refractivity contribution >= 4 is 17.7 Å². The minimum atomic E-state index is -0.511. The topological polar surface area (TPSA) is 102 Å². The number of rotatable bonds is 6. The molecule has 3 rings (SSSR count). The van der Waals surface area contributed by atoms with Gasteiger partial charge in [-0.15, -0.1) is 0 Å². The molecule has 2 heterocycles. The summed E-state index contributed by atoms with van der Waals surface area (Å²) < 4.78 is 5.34. The highest BCUT2D eigenvalue weighted by Crippen LogP contribution is 2.34. The summed E-state index contributed by atoms with van der Waals surface area (Å²) in [7, 11) is 0. The lowest BCUT2D eigenvalue weighted by atomic mass is 10.1. The molecule has 1 amide bonds. The number of nitrogens with zero attached hydrogens (tertiary/aromatic N) is 2. The van der Waals surface area contributed by atoms with Crippen LogP contribution in [0.1, 0.15) is 43.0 Å². The van der Waals surface area contributed by atoms with Crippen LogP contribution < -0.4 is 16.4 Å². The first kappa shape index (κ1) is 15.0. The van der Waals surface area contributed by atoms with Gasteiger partial charge in [-0.3, -0.25) is 4.79 Å². The Morgan fingerprint density at radius 2 is 2.09 bits per heavy atom. The molecule has 22 heavy (non-hydrogen) atoms. The largest absolute Gasteiger partial charge is 0.381 e. The average molecular weight is 305 g/mol. The maximum absolute atomic E-state index is 11.6. The maximum atomic E-state index is 11.6. The lowest BCUT2D eigenvalue weighted by Gasteiger charge is -2.23. The number of primary amides is 1. The van der Waals surface area contributed by atoms with Crippen molar-refractivity contribution < 1.29 is 9.53 Å². The van der Waals surface area contributed by atoms with Crippen molar-refractivity contribution in [3.8, 4) is 0 Å². The number of nitrogens with one attached hydrogen (secondary N) is 2. The second-order valence-electron chi connectivity index (χ2n) is 6.12. The number of aromatic nitrogens is 2. The summed E-state index contributed by atoms with van der Waals surface area (Å²) in [5.74, 6) is 1.20. The van der Waals surface area contributed by atoms with Gasteiger partial charge in [0.15, 0.2) is 0 Å². The predicted octanol–water partition coefficient (Wildman–Crippen LogP) is 1.38. The molecule has 0 radical (unpaired) electrons. The second kappa shape index (κ2) is 6.48. The summed E-state index contributed by atoms with van der Waals surface area (Å²) in [6.45, 7) is 3.61. The van der Waals surface area contributed by atoms with E-state index >= 15 is 0 Å². The van der Waals surface area contributed by atoms with Crippen LogP contribution in [0.5, 0.6) is 0 Å². The first-order valence-corrected chi connectivity index (χ1v) is 7.91. The van der Waals surface area contributed by atoms with Crippen molar-refractivity contribution in [3.05, 3.63) is 11.8 Å². The van der Waals surface area contributed by atoms with Gasteiger partial charge >= 0.3 is 0 Å². The molecule has 7 heteroatoms. The zero-order chi connectivity index (χ0) is 15.5. The van der Waals surface area contributed by atoms with Crippen molar-refractivity contribution in [1.82, 2.24) is 9.97 Å². The molecule has 1 atom stereocenters. The fourth-order valence-electron chi connectivity index (χ4n) is 2.70. The van der Waals surface area contributed by atoms with Gasteiger partial charge in [0.25, 0.3) is 5.91 Å². The van der Waals surface area contributed by atoms with Crippen molar-refractivity contribution in [2.24, 2.45) is 11.7 Å². The van der Waals surface area contributed by atoms with E-state index < -0.39 is 5.91 Å². The van der Waals surface area contributed by atoms with Gasteiger partial charge in [-0.05, 0) is 38.5 Å². The zero-order valence-electron chi connectivity index (χ0n) is 12.8. The van der Waals surface area contributed by atoms with Crippen molar-refractivity contribution in [1.29, 1.82) is 0 Å². The molecule has 2 aliphatic rings. The van der Waals surface area contributed by atoms with Gasteiger partial charge in [0.2, 0.25) is 5.95 Å². The molecule has 0 unspecified atom stereocenters. The van der Waals surface area contributed by atoms with Gasteiger partial charge in [0, 0.05) is 31.5 Å². The van der Waals surface area contributed by atoms with Crippen molar-refractivity contribution in [2.75, 3.05) is 23.8 Å². The number of ether oxygens (including phenoxy) is 1. The Bertz CT molecular complexity index is 541. The van der Waals surface area contributed by atoms with Crippen LogP contribution in [-0.2, 0) is 4.74 Å². The van der Waals surface area contributed by atoms with Crippen LogP contribution in [0, 0.1) is 5.92 Å². The average Bonchev–Trinajstić information content (AvgIpc) is 3.33. The maximum Gasteiger partial charge on any atom is 0.254 e. The molecule has 120 valence electrons. The van der Waals surface area contributed by atoms with Gasteiger partial charge < -0.3 is 21.1 Å². The number of hydrogen-bond acceptors (Lipinski definition) is 6. The number of carbonyl (C=O) groups excluding carboxylic acids is 1. The monoisotopic (exact) mass is 305 g/mol. The Morgan fingerprint density at radius 3 is 2.73 bits per heavy atom. The van der Waals surface area contributed by atoms with Crippen LogP contribution in [0.4, 0.5) is 11.8 Å². The molecule has 0 aromatic carbocycles. The van der Waals surface area contributed by atoms with E-state index in [0.29, 0.717) is 29.3 Å². The molecule has 1 saturated heterocycles. The Hall–Kier alpha value is -1.89. The molecule has 0 bridgehead atoms. The highest BCUT2D eigenvalue weighted by Gasteiger charge is 2.29. The molecule has 1 aromatic rings. The van der Waals surface area contributed by atoms with E-state index in [1.54, 1.807) is 0 Å². The number of carbonyl (C=O) groups is 1. The standard InChI is InChI=1S/C15H23N5O2/c1-9(10-2-3-10)18-14-12(13(16)21)8-17-15(20-14)19-11-4-6-22-7-5-11/h8-11H,2-7H2,1H3,(H2,16,21)(H2,17,18,19,20)/t9-/m1/s1. The molecule has 1 aromatic heterocycles. The Kier molecular flexibility index (Phi) is 4.42. The third kappa shape index (κ3) is 3.65. The highest BCUT2D eigenvalue weighted by molar-refractivity contribution is 5.97. The van der Waals surface area contributed by atoms with E-state index in [9.17, 15) is 4.79 Å². The van der Waals surface area contributed by atoms with Crippen LogP contribution in [0.15, 0.2) is 6.20 Å². The fraction of sp³-hybridized carbons (Fsp3) is 0.667. The summed E-state index contributed by atoms with van der Waals surface area (Å²) in [6.07, 6.45) is 5.81. The summed E-state index contributed by atoms with van der Waals surface area (Å²) in [6, 6.07) is 0.589. The van der Waals surface area contributed by atoms with Gasteiger partial charge in [0.05, 0.1) is 5.56 Å². The summed E-state index contributed by atoms with van der Waals surface area (Å²) >= 11 is 0. The molecule has 1 aliphatic heterocycles. The van der Waals surface area contributed by atoms with E-state index in [1.165, 1.54) is 19.0 Å². The summed E-state index contributed by atoms with van der Waals surface area (Å²) in [5, 5.41) is 6.63. The number of hydrogen-bond donors (Lipinski definition) is 3. The minimum Gasteiger partial charge on any atom is -0.381 e. The molecule has 1 saturated carbocycles. The lowest BCUT2D eigenvalue weighted by molar-refractivity contribution is 0.0903. The highest BCUT2D eigenvalue weighted by atomic mass is 16.5. The lowest BCUT2D eigenvalue weighted by Crippen LogP contribution is -2.29. The van der Waals surface area contributed by atoms with E-state index in [4.69, 9.17) is 10.5 Å². The molecule has 1 aliphatic carbocycles. The summed E-state index contributed by atoms with van der Waals surface area (Å²) in [4.78, 5) is 20.2. The van der Waals surface area contributed by atoms with E-state index in [1.807, 2.05) is 0 Å². The Labute approximate surface area is 130 Å². The molecule has 0 spiro atoms. The predicted molar refractivity (Wildman–Crippen MR) is 83.8 cm³/mol. The van der Waals surface area contributed by atoms with Gasteiger partial charge in [0.1, 0.15) is 5.82 Å². The minimum absolute atomic E-state index is 0.281. The van der Waals surface area contributed by atoms with E-state index in [0.717, 1.165) is 26.1 Å². The SMILES string of the molecule is C[C@@H](Nc1nc(NC2CCOCC2)ncc1C(N)=O)C1CC1. The number of nitrogens with two attached hydrogens (primary N) is 1. The zero-order valence-corrected chi connectivity index (χ0v) is 12.8. The quantitative estimate of drug-likeness (QED) is 0.734. The molecule has 4 N–H and O–H groups in total. The van der Waals surface area contributed by atoms with Gasteiger partial charge in [-0.25, -0.2) is 4.98 Å². The van der Waals surface area contributed by atoms with E-state index in [-0.39, 0.29) is 6.04 Å². The third-order valence-electron chi connectivity index (χ3n) is 4.30. The normalized spacial score (nSPS) is 20.4. The van der Waals surface area contributed by atoms with Crippen LogP contribution in [0.2, 0.25) is 0 Å². The van der Waals surface area contributed by atoms with Gasteiger partial charge in [-0.1, -0.05) is 0 Å². The van der Waals surface area contributed by atoms with Crippen LogP contribution >= 0.6 is 0 Å². The third-order valence-corrected chi connectivity index (χ3v) is 4.30. The van der Waals surface area contributed by atoms with Crippen molar-refractivity contribution in [3.63, 3.8) is 0 Å². The van der Waals surface area contributed by atoms with E-state index in [2.05, 4.69) is 27.5 Å². The van der Waals surface area contributed by atoms with Crippen LogP contribution in [0.25, 0.3) is 0 Å². The molecular formula is C15H23N5O2. The fourth-order valence-corrected chi connectivity index (χ4v) is 2.70. The summed E-state index contributed by atoms with van der Waals surface area (Å²) in [5.41, 5.74) is 5.76. The van der Waals surface area contributed by atoms with Crippen molar-refractivity contribution in [2.45, 2.75) is 44.7 Å². The smallest absolute Gasteiger partial charge is 0.254 e. The Morgan fingerprint density at radius 1 is 1.36 bits per heavy atom. The second-order valence-corrected chi connectivity index (χ2v) is 6.12. The first-order valence-electron chi connectivity index (χ1n) is 7.91. The molecular weight excluding hydrogens is 282 g/mol. The van der Waals surface area contributed by atoms with Crippen LogP contribution in [0.3, 0.4) is 0 Å². The number of amides is 1. The number of anilines is 2.